The second-order valence-corrected chi connectivity index (χ2v) is 6.39. The second kappa shape index (κ2) is 6.71. The lowest BCUT2D eigenvalue weighted by molar-refractivity contribution is 0.307. The first-order valence-electron chi connectivity index (χ1n) is 5.81. The molecule has 0 spiro atoms. The van der Waals surface area contributed by atoms with E-state index in [-0.39, 0.29) is 5.75 Å². The van der Waals surface area contributed by atoms with Crippen LogP contribution in [0.1, 0.15) is 12.6 Å². The minimum Gasteiger partial charge on any atom is -0.302 e. The van der Waals surface area contributed by atoms with Crippen molar-refractivity contribution in [3.05, 3.63) is 30.1 Å². The Balaban J connectivity index is 2.38. The van der Waals surface area contributed by atoms with Crippen LogP contribution in [0.5, 0.6) is 0 Å². The number of hydrogen-bond donors (Lipinski definition) is 0. The fourth-order valence-electron chi connectivity index (χ4n) is 1.54. The van der Waals surface area contributed by atoms with Crippen molar-refractivity contribution in [2.75, 3.05) is 31.6 Å². The highest BCUT2D eigenvalue weighted by Crippen LogP contribution is 1.98. The summed E-state index contributed by atoms with van der Waals surface area (Å²) in [5.74, 6) is 0.225. The van der Waals surface area contributed by atoms with Gasteiger partial charge in [0, 0.05) is 37.7 Å². The Labute approximate surface area is 104 Å². The molecule has 4 nitrogen and oxygen atoms in total. The standard InChI is InChI=1S/C12H20N2O2S/c1-3-14(10-11-17(2,15)16)9-7-12-6-4-5-8-13-12/h4-6,8H,3,7,9-11H2,1-2H3. The van der Waals surface area contributed by atoms with E-state index in [0.717, 1.165) is 25.2 Å². The van der Waals surface area contributed by atoms with E-state index in [4.69, 9.17) is 0 Å². The summed E-state index contributed by atoms with van der Waals surface area (Å²) in [6, 6.07) is 5.85. The molecule has 1 aromatic rings. The third kappa shape index (κ3) is 6.38. The summed E-state index contributed by atoms with van der Waals surface area (Å²) in [5, 5.41) is 0. The van der Waals surface area contributed by atoms with Crippen LogP contribution in [-0.2, 0) is 16.3 Å². The van der Waals surface area contributed by atoms with E-state index in [2.05, 4.69) is 9.88 Å². The molecule has 1 heterocycles. The minimum atomic E-state index is -2.87. The molecule has 0 aliphatic rings. The summed E-state index contributed by atoms with van der Waals surface area (Å²) in [7, 11) is -2.87. The molecular weight excluding hydrogens is 236 g/mol. The van der Waals surface area contributed by atoms with Gasteiger partial charge in [-0.05, 0) is 18.7 Å². The van der Waals surface area contributed by atoms with E-state index in [1.54, 1.807) is 6.20 Å². The van der Waals surface area contributed by atoms with Gasteiger partial charge >= 0.3 is 0 Å². The van der Waals surface area contributed by atoms with Gasteiger partial charge in [-0.15, -0.1) is 0 Å². The molecule has 1 rings (SSSR count). The van der Waals surface area contributed by atoms with Crippen molar-refractivity contribution in [3.63, 3.8) is 0 Å². The van der Waals surface area contributed by atoms with Crippen LogP contribution in [0.4, 0.5) is 0 Å². The molecule has 0 unspecified atom stereocenters. The van der Waals surface area contributed by atoms with Gasteiger partial charge in [0.25, 0.3) is 0 Å². The van der Waals surface area contributed by atoms with Crippen molar-refractivity contribution in [1.29, 1.82) is 0 Å². The molecule has 96 valence electrons. The maximum atomic E-state index is 11.1. The van der Waals surface area contributed by atoms with Gasteiger partial charge in [0.1, 0.15) is 9.84 Å². The highest BCUT2D eigenvalue weighted by atomic mass is 32.2. The van der Waals surface area contributed by atoms with E-state index in [1.807, 2.05) is 25.1 Å². The second-order valence-electron chi connectivity index (χ2n) is 4.14. The Hall–Kier alpha value is -0.940. The maximum absolute atomic E-state index is 11.1. The number of aromatic nitrogens is 1. The van der Waals surface area contributed by atoms with Gasteiger partial charge in [-0.25, -0.2) is 8.42 Å². The van der Waals surface area contributed by atoms with Crippen LogP contribution in [0.25, 0.3) is 0 Å². The van der Waals surface area contributed by atoms with Gasteiger partial charge in [-0.3, -0.25) is 4.98 Å². The van der Waals surface area contributed by atoms with Crippen molar-refractivity contribution >= 4 is 9.84 Å². The zero-order valence-electron chi connectivity index (χ0n) is 10.5. The number of likely N-dealkylation sites (N-methyl/N-ethyl adjacent to an activating group) is 1. The first-order chi connectivity index (χ1) is 8.01. The number of rotatable bonds is 7. The molecule has 0 saturated heterocycles. The smallest absolute Gasteiger partial charge is 0.148 e. The Morgan fingerprint density at radius 3 is 2.59 bits per heavy atom. The predicted molar refractivity (Wildman–Crippen MR) is 69.8 cm³/mol. The molecule has 0 bridgehead atoms. The third-order valence-corrected chi connectivity index (χ3v) is 3.56. The zero-order chi connectivity index (χ0) is 12.7. The maximum Gasteiger partial charge on any atom is 0.148 e. The Morgan fingerprint density at radius 2 is 2.06 bits per heavy atom. The number of hydrogen-bond acceptors (Lipinski definition) is 4. The summed E-state index contributed by atoms with van der Waals surface area (Å²) in [6.07, 6.45) is 3.92. The highest BCUT2D eigenvalue weighted by Gasteiger charge is 2.07. The SMILES string of the molecule is CCN(CCc1ccccn1)CCS(C)(=O)=O. The van der Waals surface area contributed by atoms with Crippen LogP contribution >= 0.6 is 0 Å². The van der Waals surface area contributed by atoms with Crippen LogP contribution in [0.2, 0.25) is 0 Å². The molecule has 0 N–H and O–H groups in total. The molecular formula is C12H20N2O2S. The third-order valence-electron chi connectivity index (χ3n) is 2.64. The lowest BCUT2D eigenvalue weighted by Gasteiger charge is -2.19. The van der Waals surface area contributed by atoms with Crippen LogP contribution in [0, 0.1) is 0 Å². The summed E-state index contributed by atoms with van der Waals surface area (Å²) in [4.78, 5) is 6.38. The highest BCUT2D eigenvalue weighted by molar-refractivity contribution is 7.90. The van der Waals surface area contributed by atoms with E-state index >= 15 is 0 Å². The first kappa shape index (κ1) is 14.1. The van der Waals surface area contributed by atoms with Crippen molar-refractivity contribution in [1.82, 2.24) is 9.88 Å². The summed E-state index contributed by atoms with van der Waals surface area (Å²) >= 11 is 0. The van der Waals surface area contributed by atoms with Gasteiger partial charge in [0.2, 0.25) is 0 Å². The molecule has 0 atom stereocenters. The Morgan fingerprint density at radius 1 is 1.29 bits per heavy atom. The summed E-state index contributed by atoms with van der Waals surface area (Å²) in [6.45, 7) is 4.36. The molecule has 0 aliphatic heterocycles. The van der Waals surface area contributed by atoms with Gasteiger partial charge in [0.05, 0.1) is 5.75 Å². The van der Waals surface area contributed by atoms with Crippen LogP contribution < -0.4 is 0 Å². The first-order valence-corrected chi connectivity index (χ1v) is 7.87. The van der Waals surface area contributed by atoms with Crippen molar-refractivity contribution in [2.24, 2.45) is 0 Å². The lowest BCUT2D eigenvalue weighted by Crippen LogP contribution is -2.31. The molecule has 0 saturated carbocycles. The molecule has 0 aliphatic carbocycles. The lowest BCUT2D eigenvalue weighted by atomic mass is 10.2. The number of pyridine rings is 1. The van der Waals surface area contributed by atoms with Gasteiger partial charge < -0.3 is 4.90 Å². The fourth-order valence-corrected chi connectivity index (χ4v) is 2.13. The Bertz CT molecular complexity index is 417. The van der Waals surface area contributed by atoms with Gasteiger partial charge in [-0.2, -0.15) is 0 Å². The molecule has 0 aromatic carbocycles. The normalized spacial score (nSPS) is 11.9. The van der Waals surface area contributed by atoms with E-state index in [1.165, 1.54) is 6.26 Å². The van der Waals surface area contributed by atoms with Crippen molar-refractivity contribution < 1.29 is 8.42 Å². The van der Waals surface area contributed by atoms with Crippen LogP contribution in [-0.4, -0.2) is 49.9 Å². The fraction of sp³-hybridized carbons (Fsp3) is 0.583. The Kier molecular flexibility index (Phi) is 5.58. The molecule has 0 fully saturated rings. The zero-order valence-corrected chi connectivity index (χ0v) is 11.3. The van der Waals surface area contributed by atoms with Gasteiger partial charge in [0.15, 0.2) is 0 Å². The van der Waals surface area contributed by atoms with E-state index < -0.39 is 9.84 Å². The molecule has 5 heteroatoms. The quantitative estimate of drug-likeness (QED) is 0.730. The number of nitrogens with zero attached hydrogens (tertiary/aromatic N) is 2. The molecule has 0 amide bonds. The largest absolute Gasteiger partial charge is 0.302 e. The summed E-state index contributed by atoms with van der Waals surface area (Å²) < 4.78 is 22.2. The topological polar surface area (TPSA) is 50.3 Å². The average Bonchev–Trinajstić information content (AvgIpc) is 2.29. The molecule has 17 heavy (non-hydrogen) atoms. The monoisotopic (exact) mass is 256 g/mol. The van der Waals surface area contributed by atoms with Crippen LogP contribution in [0.15, 0.2) is 24.4 Å². The van der Waals surface area contributed by atoms with Crippen LogP contribution in [0.3, 0.4) is 0 Å². The van der Waals surface area contributed by atoms with E-state index in [0.29, 0.717) is 6.54 Å². The predicted octanol–water partition coefficient (Wildman–Crippen LogP) is 0.991. The molecule has 1 aromatic heterocycles. The van der Waals surface area contributed by atoms with Crippen molar-refractivity contribution in [2.45, 2.75) is 13.3 Å². The average molecular weight is 256 g/mol. The number of sulfone groups is 1. The van der Waals surface area contributed by atoms with E-state index in [9.17, 15) is 8.42 Å². The minimum absolute atomic E-state index is 0.225. The van der Waals surface area contributed by atoms with Crippen molar-refractivity contribution in [3.8, 4) is 0 Å². The summed E-state index contributed by atoms with van der Waals surface area (Å²) in [5.41, 5.74) is 1.05. The molecule has 0 radical (unpaired) electrons. The van der Waals surface area contributed by atoms with Gasteiger partial charge in [-0.1, -0.05) is 13.0 Å².